The van der Waals surface area contributed by atoms with E-state index in [2.05, 4.69) is 142 Å². The third-order valence-corrected chi connectivity index (χ3v) is 7.99. The molecule has 0 spiro atoms. The van der Waals surface area contributed by atoms with E-state index in [1.54, 1.807) is 0 Å². The normalized spacial score (nSPS) is 12.9. The average molecular weight is 535 g/mol. The van der Waals surface area contributed by atoms with Crippen molar-refractivity contribution in [3.8, 4) is 22.3 Å². The van der Waals surface area contributed by atoms with E-state index >= 15 is 0 Å². The van der Waals surface area contributed by atoms with Gasteiger partial charge in [-0.15, -0.1) is 0 Å². The summed E-state index contributed by atoms with van der Waals surface area (Å²) in [4.78, 5) is 4.13. The van der Waals surface area contributed by atoms with Gasteiger partial charge in [-0.25, -0.2) is 0 Å². The van der Waals surface area contributed by atoms with Gasteiger partial charge in [0, 0.05) is 11.4 Å². The molecule has 0 atom stereocenters. The van der Waals surface area contributed by atoms with Gasteiger partial charge >= 0.3 is 6.98 Å². The number of nitrogens with zero attached hydrogens (tertiary/aromatic N) is 4. The summed E-state index contributed by atoms with van der Waals surface area (Å²) in [5, 5.41) is 9.59. The van der Waals surface area contributed by atoms with Gasteiger partial charge in [0.15, 0.2) is 0 Å². The summed E-state index contributed by atoms with van der Waals surface area (Å²) in [5.74, 6) is 0. The molecule has 202 valence electrons. The fraction of sp³-hybridized carbons (Fsp3) is 0.167. The topological polar surface area (TPSA) is 31.2 Å². The zero-order chi connectivity index (χ0) is 28.7. The molecule has 4 nitrogen and oxygen atoms in total. The lowest BCUT2D eigenvalue weighted by Crippen LogP contribution is -2.55. The predicted octanol–water partition coefficient (Wildman–Crippen LogP) is 8.88. The van der Waals surface area contributed by atoms with Gasteiger partial charge < -0.3 is 0 Å². The van der Waals surface area contributed by atoms with E-state index < -0.39 is 0 Å². The van der Waals surface area contributed by atoms with E-state index in [0.29, 0.717) is 0 Å². The standard InChI is InChI=1S/C36H35BN4/c1-24-20-26(3)34(27(4)21-24)32-18-13-19-33(35-28(5)22-25(2)23-29(35)6)36(32)37-40(30-14-9-7-10-15-30)38-39-41(37)31-16-11-8-12-17-31/h7-23H,1-6H3. The van der Waals surface area contributed by atoms with Crippen LogP contribution in [0.4, 0.5) is 11.4 Å². The maximum atomic E-state index is 4.79. The van der Waals surface area contributed by atoms with Crippen molar-refractivity contribution in [3.63, 3.8) is 0 Å². The van der Waals surface area contributed by atoms with Gasteiger partial charge in [0.1, 0.15) is 0 Å². The summed E-state index contributed by atoms with van der Waals surface area (Å²) in [5.41, 5.74) is 15.7. The molecule has 5 heteroatoms. The van der Waals surface area contributed by atoms with E-state index in [1.165, 1.54) is 61.1 Å². The number of hydrogen-bond donors (Lipinski definition) is 0. The molecule has 5 aromatic carbocycles. The number of hydrogen-bond acceptors (Lipinski definition) is 4. The Morgan fingerprint density at radius 2 is 0.829 bits per heavy atom. The SMILES string of the molecule is Cc1cc(C)c(-c2cccc(-c3c(C)cc(C)cc3C)c2B2N(c3ccccc3)N=NN2c2ccccc2)c(C)c1. The molecule has 0 fully saturated rings. The quantitative estimate of drug-likeness (QED) is 0.211. The van der Waals surface area contributed by atoms with Crippen molar-refractivity contribution in [2.45, 2.75) is 41.5 Å². The number of aryl methyl sites for hydroxylation is 6. The van der Waals surface area contributed by atoms with E-state index in [1.807, 2.05) is 12.1 Å². The smallest absolute Gasteiger partial charge is 0.259 e. The molecule has 0 radical (unpaired) electrons. The highest BCUT2D eigenvalue weighted by Crippen LogP contribution is 2.37. The van der Waals surface area contributed by atoms with Gasteiger partial charge in [-0.3, -0.25) is 9.84 Å². The average Bonchev–Trinajstić information content (AvgIpc) is 3.38. The second-order valence-corrected chi connectivity index (χ2v) is 11.2. The van der Waals surface area contributed by atoms with Crippen LogP contribution in [-0.2, 0) is 0 Å². The fourth-order valence-electron chi connectivity index (χ4n) is 6.57. The molecule has 0 saturated carbocycles. The van der Waals surface area contributed by atoms with Crippen molar-refractivity contribution in [1.82, 2.24) is 0 Å². The van der Waals surface area contributed by atoms with E-state index in [0.717, 1.165) is 11.4 Å². The molecule has 0 amide bonds. The van der Waals surface area contributed by atoms with Gasteiger partial charge in [-0.2, -0.15) is 0 Å². The molecule has 1 aliphatic rings. The lowest BCUT2D eigenvalue weighted by molar-refractivity contribution is 1.01. The highest BCUT2D eigenvalue weighted by Gasteiger charge is 2.43. The highest BCUT2D eigenvalue weighted by molar-refractivity contribution is 6.82. The van der Waals surface area contributed by atoms with E-state index in [9.17, 15) is 0 Å². The van der Waals surface area contributed by atoms with Crippen molar-refractivity contribution < 1.29 is 0 Å². The summed E-state index contributed by atoms with van der Waals surface area (Å²) in [7, 11) is 0. The summed E-state index contributed by atoms with van der Waals surface area (Å²) < 4.78 is 0. The van der Waals surface area contributed by atoms with Gasteiger partial charge in [0.2, 0.25) is 0 Å². The lowest BCUT2D eigenvalue weighted by Gasteiger charge is -2.30. The molecule has 0 bridgehead atoms. The first-order valence-electron chi connectivity index (χ1n) is 14.2. The molecule has 0 saturated heterocycles. The molecule has 0 aromatic heterocycles. The minimum absolute atomic E-state index is 0.300. The van der Waals surface area contributed by atoms with Crippen molar-refractivity contribution in [2.75, 3.05) is 9.84 Å². The summed E-state index contributed by atoms with van der Waals surface area (Å²) in [6, 6.07) is 36.6. The number of anilines is 2. The van der Waals surface area contributed by atoms with Crippen molar-refractivity contribution in [2.24, 2.45) is 10.4 Å². The molecule has 6 rings (SSSR count). The second-order valence-electron chi connectivity index (χ2n) is 11.2. The zero-order valence-corrected chi connectivity index (χ0v) is 24.7. The third kappa shape index (κ3) is 4.82. The summed E-state index contributed by atoms with van der Waals surface area (Å²) in [6.45, 7) is 12.9. The van der Waals surface area contributed by atoms with Crippen LogP contribution in [0.3, 0.4) is 0 Å². The van der Waals surface area contributed by atoms with Crippen LogP contribution in [0.25, 0.3) is 22.3 Å². The maximum absolute atomic E-state index is 4.79. The van der Waals surface area contributed by atoms with Crippen LogP contribution >= 0.6 is 0 Å². The van der Waals surface area contributed by atoms with Crippen LogP contribution in [0.1, 0.15) is 33.4 Å². The Labute approximate surface area is 244 Å². The Morgan fingerprint density at radius 3 is 1.20 bits per heavy atom. The Hall–Kier alpha value is -4.64. The maximum Gasteiger partial charge on any atom is 0.459 e. The lowest BCUT2D eigenvalue weighted by atomic mass is 9.59. The molecular formula is C36H35BN4. The molecule has 41 heavy (non-hydrogen) atoms. The minimum Gasteiger partial charge on any atom is -0.259 e. The Bertz CT molecular complexity index is 1590. The number of rotatable bonds is 5. The first kappa shape index (κ1) is 26.6. The van der Waals surface area contributed by atoms with E-state index in [-0.39, 0.29) is 6.98 Å². The monoisotopic (exact) mass is 534 g/mol. The Morgan fingerprint density at radius 1 is 0.463 bits per heavy atom. The number of para-hydroxylation sites is 2. The minimum atomic E-state index is -0.300. The van der Waals surface area contributed by atoms with Crippen molar-refractivity contribution in [1.29, 1.82) is 0 Å². The molecule has 0 aliphatic carbocycles. The zero-order valence-electron chi connectivity index (χ0n) is 24.7. The van der Waals surface area contributed by atoms with Crippen LogP contribution in [0, 0.1) is 41.5 Å². The molecule has 0 unspecified atom stereocenters. The molecule has 5 aromatic rings. The first-order valence-corrected chi connectivity index (χ1v) is 14.2. The molecule has 1 aliphatic heterocycles. The Kier molecular flexibility index (Phi) is 6.96. The van der Waals surface area contributed by atoms with Gasteiger partial charge in [0.25, 0.3) is 0 Å². The van der Waals surface area contributed by atoms with Gasteiger partial charge in [-0.1, -0.05) is 100 Å². The van der Waals surface area contributed by atoms with Crippen molar-refractivity contribution in [3.05, 3.63) is 137 Å². The van der Waals surface area contributed by atoms with Crippen LogP contribution in [0.2, 0.25) is 0 Å². The largest absolute Gasteiger partial charge is 0.459 e. The highest BCUT2D eigenvalue weighted by atomic mass is 15.7. The van der Waals surface area contributed by atoms with Crippen LogP contribution in [-0.4, -0.2) is 6.98 Å². The first-order chi connectivity index (χ1) is 19.8. The van der Waals surface area contributed by atoms with Crippen LogP contribution in [0.5, 0.6) is 0 Å². The Balaban J connectivity index is 1.71. The summed E-state index contributed by atoms with van der Waals surface area (Å²) in [6.07, 6.45) is 0. The van der Waals surface area contributed by atoms with Gasteiger partial charge in [0.05, 0.1) is 0 Å². The van der Waals surface area contributed by atoms with E-state index in [4.69, 9.17) is 10.4 Å². The van der Waals surface area contributed by atoms with Crippen molar-refractivity contribution >= 4 is 23.8 Å². The van der Waals surface area contributed by atoms with Crippen LogP contribution < -0.4 is 15.3 Å². The third-order valence-electron chi connectivity index (χ3n) is 7.99. The second kappa shape index (κ2) is 10.7. The number of benzene rings is 5. The molecular weight excluding hydrogens is 499 g/mol. The van der Waals surface area contributed by atoms with Gasteiger partial charge in [-0.05, 0) is 116 Å². The molecule has 0 N–H and O–H groups in total. The van der Waals surface area contributed by atoms with Crippen LogP contribution in [0.15, 0.2) is 114 Å². The fourth-order valence-corrected chi connectivity index (χ4v) is 6.57. The summed E-state index contributed by atoms with van der Waals surface area (Å²) >= 11 is 0. The predicted molar refractivity (Wildman–Crippen MR) is 174 cm³/mol. The molecule has 1 heterocycles.